The number of pyridine rings is 1. The van der Waals surface area contributed by atoms with Crippen LogP contribution >= 0.6 is 0 Å². The van der Waals surface area contributed by atoms with Crippen LogP contribution in [0, 0.1) is 17.9 Å². The summed E-state index contributed by atoms with van der Waals surface area (Å²) in [5.74, 6) is -0.221. The van der Waals surface area contributed by atoms with E-state index >= 15 is 0 Å². The Morgan fingerprint density at radius 1 is 1.35 bits per heavy atom. The number of nitrogen functional groups attached to an aromatic ring is 1. The summed E-state index contributed by atoms with van der Waals surface area (Å²) in [5, 5.41) is 12.4. The van der Waals surface area contributed by atoms with Gasteiger partial charge in [-0.25, -0.2) is 14.8 Å². The van der Waals surface area contributed by atoms with Crippen LogP contribution in [0.2, 0.25) is 0 Å². The van der Waals surface area contributed by atoms with Gasteiger partial charge in [-0.3, -0.25) is 14.2 Å². The molecule has 3 N–H and O–H groups in total. The second-order valence-corrected chi connectivity index (χ2v) is 6.57. The standard InChI is InChI=1S/C22H16N8O/c1-3-27-21(31)17-12-30-20(28-17)18(16-7-8-26-11-14(16)10-23)19(29-22(30)24)13-5-4-6-15(9-13)25-2/h4-9,11-12H,3H2,1H3,(H2,24,29)(H,27,31). The van der Waals surface area contributed by atoms with Gasteiger partial charge in [-0.1, -0.05) is 18.2 Å². The molecule has 1 amide bonds. The van der Waals surface area contributed by atoms with Crippen LogP contribution in [-0.2, 0) is 0 Å². The van der Waals surface area contributed by atoms with E-state index in [1.165, 1.54) is 16.8 Å². The molecular weight excluding hydrogens is 392 g/mol. The Kier molecular flexibility index (Phi) is 5.00. The number of aromatic nitrogens is 4. The van der Waals surface area contributed by atoms with E-state index in [-0.39, 0.29) is 17.5 Å². The zero-order chi connectivity index (χ0) is 22.0. The fourth-order valence-corrected chi connectivity index (χ4v) is 3.30. The van der Waals surface area contributed by atoms with Crippen molar-refractivity contribution in [2.75, 3.05) is 12.3 Å². The third kappa shape index (κ3) is 3.41. The first-order valence-electron chi connectivity index (χ1n) is 9.36. The first-order valence-corrected chi connectivity index (χ1v) is 9.36. The van der Waals surface area contributed by atoms with Crippen molar-refractivity contribution in [3.8, 4) is 28.5 Å². The van der Waals surface area contributed by atoms with E-state index in [0.29, 0.717) is 45.8 Å². The molecule has 3 heterocycles. The lowest BCUT2D eigenvalue weighted by atomic mass is 9.97. The molecule has 0 aliphatic carbocycles. The van der Waals surface area contributed by atoms with Crippen LogP contribution in [0.15, 0.2) is 48.9 Å². The minimum Gasteiger partial charge on any atom is -0.369 e. The van der Waals surface area contributed by atoms with E-state index < -0.39 is 0 Å². The maximum Gasteiger partial charge on any atom is 0.271 e. The van der Waals surface area contributed by atoms with E-state index in [1.807, 2.05) is 6.92 Å². The molecule has 4 rings (SSSR count). The first-order chi connectivity index (χ1) is 15.1. The molecule has 4 aromatic rings. The lowest BCUT2D eigenvalue weighted by Crippen LogP contribution is -2.22. The first kappa shape index (κ1) is 19.6. The third-order valence-corrected chi connectivity index (χ3v) is 4.67. The summed E-state index contributed by atoms with van der Waals surface area (Å²) < 4.78 is 1.52. The smallest absolute Gasteiger partial charge is 0.271 e. The number of rotatable bonds is 4. The average Bonchev–Trinajstić information content (AvgIpc) is 3.25. The number of benzene rings is 1. The van der Waals surface area contributed by atoms with Crippen LogP contribution in [0.3, 0.4) is 0 Å². The normalized spacial score (nSPS) is 10.4. The van der Waals surface area contributed by atoms with Crippen molar-refractivity contribution in [3.05, 3.63) is 71.6 Å². The van der Waals surface area contributed by atoms with E-state index in [4.69, 9.17) is 12.3 Å². The van der Waals surface area contributed by atoms with Gasteiger partial charge in [0, 0.05) is 30.7 Å². The zero-order valence-corrected chi connectivity index (χ0v) is 16.5. The topological polar surface area (TPSA) is 126 Å². The molecule has 0 bridgehead atoms. The second-order valence-electron chi connectivity index (χ2n) is 6.57. The number of carbonyl (C=O) groups is 1. The number of nitrogens with one attached hydrogen (secondary N) is 1. The molecule has 31 heavy (non-hydrogen) atoms. The number of hydrogen-bond acceptors (Lipinski definition) is 6. The maximum absolute atomic E-state index is 12.4. The summed E-state index contributed by atoms with van der Waals surface area (Å²) in [4.78, 5) is 29.0. The predicted octanol–water partition coefficient (Wildman–Crippen LogP) is 3.21. The summed E-state index contributed by atoms with van der Waals surface area (Å²) in [7, 11) is 0. The number of anilines is 1. The van der Waals surface area contributed by atoms with Crippen molar-refractivity contribution in [3.63, 3.8) is 0 Å². The van der Waals surface area contributed by atoms with Crippen molar-refractivity contribution in [1.29, 1.82) is 5.26 Å². The van der Waals surface area contributed by atoms with Crippen LogP contribution in [0.25, 0.3) is 32.9 Å². The Bertz CT molecular complexity index is 1410. The van der Waals surface area contributed by atoms with Gasteiger partial charge in [0.05, 0.1) is 23.4 Å². The van der Waals surface area contributed by atoms with Gasteiger partial charge in [-0.05, 0) is 24.6 Å². The highest BCUT2D eigenvalue weighted by Crippen LogP contribution is 2.37. The SMILES string of the molecule is [C-]#[N+]c1cccc(-c2nc(N)n3cc(C(=O)NCC)nc3c2-c2ccncc2C#N)c1. The monoisotopic (exact) mass is 408 g/mol. The lowest BCUT2D eigenvalue weighted by molar-refractivity contribution is 0.0951. The third-order valence-electron chi connectivity index (χ3n) is 4.67. The predicted molar refractivity (Wildman–Crippen MR) is 115 cm³/mol. The van der Waals surface area contributed by atoms with Gasteiger partial charge in [0.1, 0.15) is 11.8 Å². The molecule has 0 radical (unpaired) electrons. The van der Waals surface area contributed by atoms with Gasteiger partial charge < -0.3 is 11.1 Å². The molecule has 0 spiro atoms. The Morgan fingerprint density at radius 2 is 2.19 bits per heavy atom. The molecule has 9 nitrogen and oxygen atoms in total. The molecule has 0 saturated carbocycles. The van der Waals surface area contributed by atoms with Crippen molar-refractivity contribution in [1.82, 2.24) is 24.7 Å². The molecule has 0 fully saturated rings. The molecule has 0 unspecified atom stereocenters. The van der Waals surface area contributed by atoms with Gasteiger partial charge in [0.15, 0.2) is 11.3 Å². The van der Waals surface area contributed by atoms with E-state index in [2.05, 4.69) is 31.2 Å². The summed E-state index contributed by atoms with van der Waals surface area (Å²) in [6.07, 6.45) is 4.53. The van der Waals surface area contributed by atoms with E-state index in [9.17, 15) is 10.1 Å². The zero-order valence-electron chi connectivity index (χ0n) is 16.5. The number of nitriles is 1. The second kappa shape index (κ2) is 7.93. The van der Waals surface area contributed by atoms with Crippen molar-refractivity contribution in [2.24, 2.45) is 0 Å². The summed E-state index contributed by atoms with van der Waals surface area (Å²) in [5.41, 5.74) is 9.68. The van der Waals surface area contributed by atoms with Crippen LogP contribution in [0.5, 0.6) is 0 Å². The Balaban J connectivity index is 2.11. The van der Waals surface area contributed by atoms with Gasteiger partial charge in [0.2, 0.25) is 5.95 Å². The number of amides is 1. The molecule has 9 heteroatoms. The Hall–Kier alpha value is -4.76. The number of nitrogens with zero attached hydrogens (tertiary/aromatic N) is 6. The van der Waals surface area contributed by atoms with E-state index in [0.717, 1.165) is 0 Å². The lowest BCUT2D eigenvalue weighted by Gasteiger charge is -2.14. The van der Waals surface area contributed by atoms with Crippen LogP contribution in [-0.4, -0.2) is 31.8 Å². The fourth-order valence-electron chi connectivity index (χ4n) is 3.30. The molecule has 0 saturated heterocycles. The van der Waals surface area contributed by atoms with Crippen molar-refractivity contribution >= 4 is 23.2 Å². The molecule has 0 aliphatic rings. The minimum atomic E-state index is -0.344. The van der Waals surface area contributed by atoms with Crippen LogP contribution < -0.4 is 11.1 Å². The number of nitrogens with two attached hydrogens (primary N) is 1. The van der Waals surface area contributed by atoms with Gasteiger partial charge in [0.25, 0.3) is 5.91 Å². The Morgan fingerprint density at radius 3 is 2.94 bits per heavy atom. The minimum absolute atomic E-state index is 0.123. The molecule has 0 atom stereocenters. The summed E-state index contributed by atoms with van der Waals surface area (Å²) in [6, 6.07) is 10.8. The number of imidazole rings is 1. The molecule has 1 aromatic carbocycles. The molecular formula is C22H16N8O. The van der Waals surface area contributed by atoms with Crippen molar-refractivity contribution in [2.45, 2.75) is 6.92 Å². The number of hydrogen-bond donors (Lipinski definition) is 2. The quantitative estimate of drug-likeness (QED) is 0.499. The fraction of sp³-hybridized carbons (Fsp3) is 0.0909. The van der Waals surface area contributed by atoms with Gasteiger partial charge >= 0.3 is 0 Å². The van der Waals surface area contributed by atoms with E-state index in [1.54, 1.807) is 36.5 Å². The van der Waals surface area contributed by atoms with Gasteiger partial charge in [-0.15, -0.1) is 0 Å². The number of carbonyl (C=O) groups excluding carboxylic acids is 1. The highest BCUT2D eigenvalue weighted by molar-refractivity contribution is 5.97. The van der Waals surface area contributed by atoms with Crippen LogP contribution in [0.4, 0.5) is 11.6 Å². The molecule has 3 aromatic heterocycles. The van der Waals surface area contributed by atoms with Crippen molar-refractivity contribution < 1.29 is 4.79 Å². The van der Waals surface area contributed by atoms with Gasteiger partial charge in [-0.2, -0.15) is 5.26 Å². The maximum atomic E-state index is 12.4. The molecule has 0 aliphatic heterocycles. The summed E-state index contributed by atoms with van der Waals surface area (Å²) in [6.45, 7) is 9.58. The largest absolute Gasteiger partial charge is 0.369 e. The summed E-state index contributed by atoms with van der Waals surface area (Å²) >= 11 is 0. The Labute approximate surface area is 177 Å². The highest BCUT2D eigenvalue weighted by Gasteiger charge is 2.22. The van der Waals surface area contributed by atoms with Crippen LogP contribution in [0.1, 0.15) is 23.0 Å². The average molecular weight is 408 g/mol. The number of fused-ring (bicyclic) bond motifs is 1. The highest BCUT2D eigenvalue weighted by atomic mass is 16.1. The molecule has 150 valence electrons.